The molecule has 0 bridgehead atoms. The number of carbonyl (C=O) groups is 1. The number of aromatic nitrogens is 1. The third-order valence-corrected chi connectivity index (χ3v) is 2.67. The highest BCUT2D eigenvalue weighted by Crippen LogP contribution is 2.03. The van der Waals surface area contributed by atoms with E-state index in [1.165, 1.54) is 15.5 Å². The molecule has 1 amide bonds. The molecule has 88 valence electrons. The van der Waals surface area contributed by atoms with E-state index in [-0.39, 0.29) is 17.5 Å². The Balaban J connectivity index is 2.97. The molecule has 0 aliphatic heterocycles. The van der Waals surface area contributed by atoms with Crippen molar-refractivity contribution in [2.75, 3.05) is 13.6 Å². The molecule has 0 aliphatic rings. The molecule has 5 nitrogen and oxygen atoms in total. The van der Waals surface area contributed by atoms with E-state index < -0.39 is 0 Å². The van der Waals surface area contributed by atoms with E-state index in [0.717, 1.165) is 0 Å². The van der Waals surface area contributed by atoms with Gasteiger partial charge in [0.2, 0.25) is 0 Å². The molecule has 0 saturated heterocycles. The summed E-state index contributed by atoms with van der Waals surface area (Å²) in [5.74, 6) is -0.185. The van der Waals surface area contributed by atoms with Crippen LogP contribution < -0.4 is 11.3 Å². The largest absolute Gasteiger partial charge is 0.338 e. The number of carbonyl (C=O) groups excluding carboxylic acids is 1. The van der Waals surface area contributed by atoms with Gasteiger partial charge in [-0.05, 0) is 13.0 Å². The Morgan fingerprint density at radius 1 is 1.62 bits per heavy atom. The summed E-state index contributed by atoms with van der Waals surface area (Å²) in [5.41, 5.74) is 5.68. The fraction of sp³-hybridized carbons (Fsp3) is 0.455. The smallest absolute Gasteiger partial charge is 0.254 e. The summed E-state index contributed by atoms with van der Waals surface area (Å²) in [6.45, 7) is 2.26. The molecular weight excluding hydrogens is 206 g/mol. The molecule has 1 unspecified atom stereocenters. The van der Waals surface area contributed by atoms with Crippen molar-refractivity contribution < 1.29 is 4.79 Å². The third-order valence-electron chi connectivity index (χ3n) is 2.67. The summed E-state index contributed by atoms with van der Waals surface area (Å²) >= 11 is 0. The second-order valence-electron chi connectivity index (χ2n) is 3.87. The monoisotopic (exact) mass is 223 g/mol. The van der Waals surface area contributed by atoms with Gasteiger partial charge in [-0.15, -0.1) is 0 Å². The van der Waals surface area contributed by atoms with E-state index in [4.69, 9.17) is 5.73 Å². The number of amides is 1. The van der Waals surface area contributed by atoms with Crippen LogP contribution in [0.25, 0.3) is 0 Å². The first-order valence-electron chi connectivity index (χ1n) is 5.11. The lowest BCUT2D eigenvalue weighted by atomic mass is 10.2. The summed E-state index contributed by atoms with van der Waals surface area (Å²) < 4.78 is 1.42. The van der Waals surface area contributed by atoms with Crippen LogP contribution in [0.2, 0.25) is 0 Å². The molecule has 1 atom stereocenters. The minimum absolute atomic E-state index is 0.0449. The Morgan fingerprint density at radius 3 is 2.75 bits per heavy atom. The fourth-order valence-electron chi connectivity index (χ4n) is 1.24. The van der Waals surface area contributed by atoms with Gasteiger partial charge in [-0.3, -0.25) is 9.59 Å². The Bertz CT molecular complexity index is 439. The zero-order chi connectivity index (χ0) is 12.3. The Kier molecular flexibility index (Phi) is 3.84. The van der Waals surface area contributed by atoms with Gasteiger partial charge in [-0.2, -0.15) is 0 Å². The topological polar surface area (TPSA) is 68.3 Å². The minimum atomic E-state index is -0.195. The molecule has 1 heterocycles. The molecular formula is C11H17N3O2. The molecule has 1 aromatic rings. The van der Waals surface area contributed by atoms with E-state index >= 15 is 0 Å². The van der Waals surface area contributed by atoms with Crippen LogP contribution in [0.1, 0.15) is 17.3 Å². The number of likely N-dealkylation sites (N-methyl/N-ethyl adjacent to an activating group) is 1. The lowest BCUT2D eigenvalue weighted by Gasteiger charge is -2.23. The van der Waals surface area contributed by atoms with Gasteiger partial charge in [0.1, 0.15) is 0 Å². The molecule has 1 aromatic heterocycles. The Labute approximate surface area is 94.5 Å². The Morgan fingerprint density at radius 2 is 2.25 bits per heavy atom. The highest BCUT2D eigenvalue weighted by Gasteiger charge is 2.16. The number of rotatable bonds is 3. The highest BCUT2D eigenvalue weighted by atomic mass is 16.2. The van der Waals surface area contributed by atoms with Crippen LogP contribution in [0.4, 0.5) is 0 Å². The predicted molar refractivity (Wildman–Crippen MR) is 62.3 cm³/mol. The number of pyridine rings is 1. The quantitative estimate of drug-likeness (QED) is 0.772. The van der Waals surface area contributed by atoms with E-state index in [2.05, 4.69) is 0 Å². The SMILES string of the molecule is CC(CN)N(C)C(=O)c1ccn(C)c(=O)c1. The molecule has 0 fully saturated rings. The van der Waals surface area contributed by atoms with Gasteiger partial charge in [0, 0.05) is 44.5 Å². The van der Waals surface area contributed by atoms with Gasteiger partial charge in [0.15, 0.2) is 0 Å². The van der Waals surface area contributed by atoms with Crippen molar-refractivity contribution in [3.63, 3.8) is 0 Å². The van der Waals surface area contributed by atoms with E-state index in [1.54, 1.807) is 26.4 Å². The average molecular weight is 223 g/mol. The maximum atomic E-state index is 11.9. The van der Waals surface area contributed by atoms with Crippen LogP contribution in [0.5, 0.6) is 0 Å². The van der Waals surface area contributed by atoms with Crippen LogP contribution >= 0.6 is 0 Å². The minimum Gasteiger partial charge on any atom is -0.338 e. The van der Waals surface area contributed by atoms with E-state index in [9.17, 15) is 9.59 Å². The molecule has 5 heteroatoms. The molecule has 1 rings (SSSR count). The highest BCUT2D eigenvalue weighted by molar-refractivity contribution is 5.94. The summed E-state index contributed by atoms with van der Waals surface area (Å²) in [4.78, 5) is 24.8. The first-order chi connectivity index (χ1) is 7.47. The summed E-state index contributed by atoms with van der Waals surface area (Å²) in [7, 11) is 3.32. The zero-order valence-corrected chi connectivity index (χ0v) is 9.80. The molecule has 0 radical (unpaired) electrons. The number of aryl methyl sites for hydroxylation is 1. The first kappa shape index (κ1) is 12.4. The van der Waals surface area contributed by atoms with Gasteiger partial charge in [-0.25, -0.2) is 0 Å². The van der Waals surface area contributed by atoms with Crippen LogP contribution in [-0.4, -0.2) is 35.0 Å². The number of nitrogens with two attached hydrogens (primary N) is 1. The van der Waals surface area contributed by atoms with Crippen LogP contribution in [0.15, 0.2) is 23.1 Å². The van der Waals surface area contributed by atoms with Crippen LogP contribution in [0.3, 0.4) is 0 Å². The average Bonchev–Trinajstić information content (AvgIpc) is 2.29. The summed E-state index contributed by atoms with van der Waals surface area (Å²) in [6.07, 6.45) is 1.58. The van der Waals surface area contributed by atoms with Gasteiger partial charge >= 0.3 is 0 Å². The normalized spacial score (nSPS) is 12.2. The summed E-state index contributed by atoms with van der Waals surface area (Å²) in [5, 5.41) is 0. The van der Waals surface area contributed by atoms with Crippen molar-refractivity contribution in [1.29, 1.82) is 0 Å². The van der Waals surface area contributed by atoms with Crippen molar-refractivity contribution in [1.82, 2.24) is 9.47 Å². The van der Waals surface area contributed by atoms with Gasteiger partial charge in [0.25, 0.3) is 11.5 Å². The van der Waals surface area contributed by atoms with E-state index in [0.29, 0.717) is 12.1 Å². The van der Waals surface area contributed by atoms with Crippen molar-refractivity contribution in [3.05, 3.63) is 34.2 Å². The molecule has 0 aliphatic carbocycles. The molecule has 16 heavy (non-hydrogen) atoms. The Hall–Kier alpha value is -1.62. The van der Waals surface area contributed by atoms with Gasteiger partial charge in [-0.1, -0.05) is 0 Å². The maximum Gasteiger partial charge on any atom is 0.254 e. The summed E-state index contributed by atoms with van der Waals surface area (Å²) in [6, 6.07) is 2.92. The second-order valence-corrected chi connectivity index (χ2v) is 3.87. The molecule has 2 N–H and O–H groups in total. The molecule has 0 spiro atoms. The number of nitrogens with zero attached hydrogens (tertiary/aromatic N) is 2. The van der Waals surface area contributed by atoms with Crippen LogP contribution in [-0.2, 0) is 7.05 Å². The van der Waals surface area contributed by atoms with Crippen molar-refractivity contribution in [3.8, 4) is 0 Å². The lowest BCUT2D eigenvalue weighted by molar-refractivity contribution is 0.0748. The second kappa shape index (κ2) is 4.94. The zero-order valence-electron chi connectivity index (χ0n) is 9.80. The van der Waals surface area contributed by atoms with E-state index in [1.807, 2.05) is 6.92 Å². The van der Waals surface area contributed by atoms with Crippen molar-refractivity contribution in [2.45, 2.75) is 13.0 Å². The van der Waals surface area contributed by atoms with Gasteiger partial charge < -0.3 is 15.2 Å². The maximum absolute atomic E-state index is 11.9. The first-order valence-corrected chi connectivity index (χ1v) is 5.11. The number of hydrogen-bond donors (Lipinski definition) is 1. The fourth-order valence-corrected chi connectivity index (χ4v) is 1.24. The predicted octanol–water partition coefficient (Wildman–Crippen LogP) is -0.196. The third kappa shape index (κ3) is 2.49. The molecule has 0 aromatic carbocycles. The number of hydrogen-bond acceptors (Lipinski definition) is 3. The lowest BCUT2D eigenvalue weighted by Crippen LogP contribution is -2.40. The van der Waals surface area contributed by atoms with Crippen molar-refractivity contribution in [2.24, 2.45) is 12.8 Å². The van der Waals surface area contributed by atoms with Crippen molar-refractivity contribution >= 4 is 5.91 Å². The van der Waals surface area contributed by atoms with Gasteiger partial charge in [0.05, 0.1) is 0 Å². The molecule has 0 saturated carbocycles. The van der Waals surface area contributed by atoms with Crippen LogP contribution in [0, 0.1) is 0 Å². The standard InChI is InChI=1S/C11H17N3O2/c1-8(7-12)14(3)11(16)9-4-5-13(2)10(15)6-9/h4-6,8H,7,12H2,1-3H3.